The van der Waals surface area contributed by atoms with Gasteiger partial charge in [0.1, 0.15) is 6.04 Å². The van der Waals surface area contributed by atoms with Crippen LogP contribution in [0.5, 0.6) is 0 Å². The van der Waals surface area contributed by atoms with Gasteiger partial charge in [0.2, 0.25) is 11.8 Å². The lowest BCUT2D eigenvalue weighted by molar-refractivity contribution is -0.140. The maximum atomic E-state index is 12.8. The summed E-state index contributed by atoms with van der Waals surface area (Å²) in [7, 11) is 0. The summed E-state index contributed by atoms with van der Waals surface area (Å²) < 4.78 is 0. The lowest BCUT2D eigenvalue weighted by atomic mass is 10.0. The van der Waals surface area contributed by atoms with Crippen molar-refractivity contribution in [3.8, 4) is 0 Å². The number of unbranched alkanes of at least 4 members (excludes halogenated alkanes) is 1. The van der Waals surface area contributed by atoms with Gasteiger partial charge in [-0.05, 0) is 17.5 Å². The molecule has 2 aromatic carbocycles. The Labute approximate surface area is 149 Å². The highest BCUT2D eigenvalue weighted by Crippen LogP contribution is 2.23. The van der Waals surface area contributed by atoms with Gasteiger partial charge in [-0.1, -0.05) is 74.0 Å². The molecule has 2 amide bonds. The van der Waals surface area contributed by atoms with Crippen LogP contribution in [0.25, 0.3) is 0 Å². The van der Waals surface area contributed by atoms with E-state index in [2.05, 4.69) is 12.2 Å². The van der Waals surface area contributed by atoms with Crippen molar-refractivity contribution < 1.29 is 9.59 Å². The predicted octanol–water partition coefficient (Wildman–Crippen LogP) is 3.69. The van der Waals surface area contributed by atoms with Crippen molar-refractivity contribution in [2.75, 3.05) is 6.54 Å². The number of nitrogens with zero attached hydrogens (tertiary/aromatic N) is 1. The molecule has 2 aromatic rings. The maximum Gasteiger partial charge on any atom is 0.247 e. The van der Waals surface area contributed by atoms with E-state index < -0.39 is 6.04 Å². The van der Waals surface area contributed by atoms with E-state index in [1.54, 1.807) is 4.90 Å². The summed E-state index contributed by atoms with van der Waals surface area (Å²) in [4.78, 5) is 26.8. The number of hydrogen-bond acceptors (Lipinski definition) is 2. The van der Waals surface area contributed by atoms with Crippen molar-refractivity contribution in [2.45, 2.75) is 39.3 Å². The number of carbonyl (C=O) groups is 2. The Balaban J connectivity index is 2.29. The minimum absolute atomic E-state index is 0.122. The third kappa shape index (κ3) is 5.45. The Morgan fingerprint density at radius 1 is 1.00 bits per heavy atom. The summed E-state index contributed by atoms with van der Waals surface area (Å²) >= 11 is 0. The second-order valence-electron chi connectivity index (χ2n) is 6.09. The summed E-state index contributed by atoms with van der Waals surface area (Å²) in [5.41, 5.74) is 1.82. The van der Waals surface area contributed by atoms with Crippen molar-refractivity contribution in [1.29, 1.82) is 0 Å². The molecule has 2 rings (SSSR count). The highest BCUT2D eigenvalue weighted by atomic mass is 16.2. The first-order valence-electron chi connectivity index (χ1n) is 8.77. The van der Waals surface area contributed by atoms with Gasteiger partial charge in [-0.15, -0.1) is 0 Å². The minimum Gasteiger partial charge on any atom is -0.354 e. The lowest BCUT2D eigenvalue weighted by Gasteiger charge is -2.30. The first-order valence-corrected chi connectivity index (χ1v) is 8.77. The zero-order valence-corrected chi connectivity index (χ0v) is 14.9. The largest absolute Gasteiger partial charge is 0.354 e. The first-order chi connectivity index (χ1) is 12.1. The van der Waals surface area contributed by atoms with E-state index in [0.717, 1.165) is 24.0 Å². The second kappa shape index (κ2) is 9.62. The molecule has 0 fully saturated rings. The van der Waals surface area contributed by atoms with E-state index in [0.29, 0.717) is 13.1 Å². The molecule has 132 valence electrons. The minimum atomic E-state index is -0.629. The van der Waals surface area contributed by atoms with Crippen LogP contribution in [0.4, 0.5) is 0 Å². The van der Waals surface area contributed by atoms with Gasteiger partial charge in [-0.2, -0.15) is 0 Å². The third-order valence-electron chi connectivity index (χ3n) is 4.11. The van der Waals surface area contributed by atoms with E-state index in [-0.39, 0.29) is 11.8 Å². The van der Waals surface area contributed by atoms with Crippen molar-refractivity contribution in [3.05, 3.63) is 71.8 Å². The van der Waals surface area contributed by atoms with Crippen molar-refractivity contribution >= 4 is 11.8 Å². The molecule has 25 heavy (non-hydrogen) atoms. The van der Waals surface area contributed by atoms with Crippen molar-refractivity contribution in [3.63, 3.8) is 0 Å². The average Bonchev–Trinajstić information content (AvgIpc) is 2.63. The number of carbonyl (C=O) groups excluding carboxylic acids is 2. The van der Waals surface area contributed by atoms with Crippen LogP contribution < -0.4 is 5.32 Å². The topological polar surface area (TPSA) is 49.4 Å². The molecule has 0 unspecified atom stereocenters. The third-order valence-corrected chi connectivity index (χ3v) is 4.11. The molecule has 1 N–H and O–H groups in total. The monoisotopic (exact) mass is 338 g/mol. The van der Waals surface area contributed by atoms with E-state index in [1.165, 1.54) is 6.92 Å². The van der Waals surface area contributed by atoms with Crippen LogP contribution in [0.2, 0.25) is 0 Å². The van der Waals surface area contributed by atoms with Crippen molar-refractivity contribution in [2.24, 2.45) is 0 Å². The fourth-order valence-corrected chi connectivity index (χ4v) is 2.76. The molecule has 0 bridgehead atoms. The summed E-state index contributed by atoms with van der Waals surface area (Å²) in [6.45, 7) is 4.61. The molecule has 0 spiro atoms. The van der Waals surface area contributed by atoms with Gasteiger partial charge in [0.15, 0.2) is 0 Å². The average molecular weight is 338 g/mol. The molecule has 0 aliphatic carbocycles. The Bertz CT molecular complexity index is 671. The molecule has 0 aliphatic rings. The van der Waals surface area contributed by atoms with E-state index in [9.17, 15) is 9.59 Å². The Morgan fingerprint density at radius 3 is 2.16 bits per heavy atom. The van der Waals surface area contributed by atoms with E-state index in [1.807, 2.05) is 60.7 Å². The van der Waals surface area contributed by atoms with Crippen LogP contribution >= 0.6 is 0 Å². The van der Waals surface area contributed by atoms with Gasteiger partial charge in [-0.25, -0.2) is 0 Å². The quantitative estimate of drug-likeness (QED) is 0.746. The Kier molecular flexibility index (Phi) is 7.20. The number of hydrogen-bond donors (Lipinski definition) is 1. The molecular formula is C21H26N2O2. The number of rotatable bonds is 8. The highest BCUT2D eigenvalue weighted by Gasteiger charge is 2.29. The number of nitrogens with one attached hydrogen (secondary N) is 1. The fourth-order valence-electron chi connectivity index (χ4n) is 2.76. The normalized spacial score (nSPS) is 11.6. The van der Waals surface area contributed by atoms with Crippen LogP contribution in [-0.4, -0.2) is 23.3 Å². The van der Waals surface area contributed by atoms with Gasteiger partial charge in [0, 0.05) is 20.0 Å². The van der Waals surface area contributed by atoms with E-state index >= 15 is 0 Å². The smallest absolute Gasteiger partial charge is 0.247 e. The summed E-state index contributed by atoms with van der Waals surface area (Å²) in [6, 6.07) is 18.6. The molecule has 1 atom stereocenters. The summed E-state index contributed by atoms with van der Waals surface area (Å²) in [5.74, 6) is -0.255. The molecule has 0 aliphatic heterocycles. The van der Waals surface area contributed by atoms with Gasteiger partial charge in [-0.3, -0.25) is 9.59 Å². The predicted molar refractivity (Wildman–Crippen MR) is 99.8 cm³/mol. The fraction of sp³-hybridized carbons (Fsp3) is 0.333. The molecule has 4 heteroatoms. The van der Waals surface area contributed by atoms with Crippen LogP contribution in [0.3, 0.4) is 0 Å². The Morgan fingerprint density at radius 2 is 1.60 bits per heavy atom. The molecule has 0 radical (unpaired) electrons. The van der Waals surface area contributed by atoms with Gasteiger partial charge < -0.3 is 10.2 Å². The number of benzene rings is 2. The summed E-state index contributed by atoms with van der Waals surface area (Å²) in [5, 5.41) is 2.97. The van der Waals surface area contributed by atoms with Crippen LogP contribution in [0.15, 0.2) is 60.7 Å². The molecular weight excluding hydrogens is 312 g/mol. The zero-order valence-electron chi connectivity index (χ0n) is 14.9. The summed E-state index contributed by atoms with van der Waals surface area (Å²) in [6.07, 6.45) is 1.93. The SMILES string of the molecule is CCCCNC(=O)[C@@H](c1ccccc1)N(Cc1ccccc1)C(C)=O. The zero-order chi connectivity index (χ0) is 18.1. The highest BCUT2D eigenvalue weighted by molar-refractivity contribution is 5.88. The van der Waals surface area contributed by atoms with Gasteiger partial charge >= 0.3 is 0 Å². The number of amides is 2. The Hall–Kier alpha value is -2.62. The van der Waals surface area contributed by atoms with Crippen LogP contribution in [0.1, 0.15) is 43.9 Å². The lowest BCUT2D eigenvalue weighted by Crippen LogP contribution is -2.42. The molecule has 4 nitrogen and oxygen atoms in total. The second-order valence-corrected chi connectivity index (χ2v) is 6.09. The van der Waals surface area contributed by atoms with Gasteiger partial charge in [0.25, 0.3) is 0 Å². The van der Waals surface area contributed by atoms with E-state index in [4.69, 9.17) is 0 Å². The molecule has 0 aromatic heterocycles. The standard InChI is InChI=1S/C21H26N2O2/c1-3-4-15-22-21(25)20(19-13-9-6-10-14-19)23(17(2)24)16-18-11-7-5-8-12-18/h5-14,20H,3-4,15-16H2,1-2H3,(H,22,25)/t20-/m1/s1. The maximum absolute atomic E-state index is 12.8. The van der Waals surface area contributed by atoms with Gasteiger partial charge in [0.05, 0.1) is 0 Å². The molecule has 0 saturated heterocycles. The van der Waals surface area contributed by atoms with Crippen molar-refractivity contribution in [1.82, 2.24) is 10.2 Å². The molecule has 0 saturated carbocycles. The van der Waals surface area contributed by atoms with Crippen LogP contribution in [0, 0.1) is 0 Å². The first kappa shape index (κ1) is 18.7. The van der Waals surface area contributed by atoms with Crippen LogP contribution in [-0.2, 0) is 16.1 Å². The molecule has 0 heterocycles.